The first kappa shape index (κ1) is 28.4. The van der Waals surface area contributed by atoms with Crippen molar-refractivity contribution in [3.63, 3.8) is 0 Å². The summed E-state index contributed by atoms with van der Waals surface area (Å²) in [6.45, 7) is 10.2. The Morgan fingerprint density at radius 3 is 2.62 bits per heavy atom. The summed E-state index contributed by atoms with van der Waals surface area (Å²) in [5.41, 5.74) is 3.41. The molecule has 8 nitrogen and oxygen atoms in total. The average molecular weight is 549 g/mol. The topological polar surface area (TPSA) is 101 Å². The average Bonchev–Trinajstić information content (AvgIpc) is 3.31. The normalized spacial score (nSPS) is 27.4. The maximum atomic E-state index is 14.0. The van der Waals surface area contributed by atoms with Crippen molar-refractivity contribution in [2.24, 2.45) is 11.3 Å². The quantitative estimate of drug-likeness (QED) is 0.519. The number of Topliss-reactive ketones (excluding diaryl/α,β-unsaturated/α-hetero) is 2. The SMILES string of the molecule is CCC(=O)[C@@H]1C[C@]23CNC(=O)[C@@H](C)CCCCCc4cc(NC(C)C)cc5c(C(C)=O)cn(c45)CC(=O)N1[C@@H]2C3. The molecule has 4 atom stereocenters. The van der Waals surface area contributed by atoms with Crippen LogP contribution in [0.5, 0.6) is 0 Å². The Kier molecular flexibility index (Phi) is 7.81. The number of carbonyl (C=O) groups is 4. The molecule has 1 saturated carbocycles. The lowest BCUT2D eigenvalue weighted by Gasteiger charge is -2.27. The largest absolute Gasteiger partial charge is 0.383 e. The minimum absolute atomic E-state index is 0.0304. The summed E-state index contributed by atoms with van der Waals surface area (Å²) in [6, 6.07) is 3.92. The molecule has 2 aliphatic heterocycles. The molecule has 2 fully saturated rings. The van der Waals surface area contributed by atoms with Crippen LogP contribution < -0.4 is 10.6 Å². The van der Waals surface area contributed by atoms with Crippen molar-refractivity contribution < 1.29 is 19.2 Å². The van der Waals surface area contributed by atoms with Gasteiger partial charge in [0.2, 0.25) is 11.8 Å². The van der Waals surface area contributed by atoms with Crippen LogP contribution in [0, 0.1) is 11.3 Å². The zero-order valence-electron chi connectivity index (χ0n) is 24.6. The first-order valence-electron chi connectivity index (χ1n) is 15.1. The van der Waals surface area contributed by atoms with Crippen molar-refractivity contribution in [2.75, 3.05) is 11.9 Å². The van der Waals surface area contributed by atoms with E-state index in [4.69, 9.17) is 0 Å². The van der Waals surface area contributed by atoms with E-state index in [1.165, 1.54) is 0 Å². The van der Waals surface area contributed by atoms with E-state index in [1.807, 2.05) is 35.6 Å². The number of hydrogen-bond acceptors (Lipinski definition) is 5. The van der Waals surface area contributed by atoms with Gasteiger partial charge in [0.15, 0.2) is 11.6 Å². The summed E-state index contributed by atoms with van der Waals surface area (Å²) < 4.78 is 1.95. The molecule has 2 amide bonds. The minimum Gasteiger partial charge on any atom is -0.383 e. The van der Waals surface area contributed by atoms with E-state index in [2.05, 4.69) is 30.5 Å². The lowest BCUT2D eigenvalue weighted by Crippen LogP contribution is -2.44. The Morgan fingerprint density at radius 1 is 1.15 bits per heavy atom. The lowest BCUT2D eigenvalue weighted by atomic mass is 9.95. The summed E-state index contributed by atoms with van der Waals surface area (Å²) in [6.07, 6.45) is 8.18. The summed E-state index contributed by atoms with van der Waals surface area (Å²) in [7, 11) is 0. The zero-order chi connectivity index (χ0) is 28.8. The number of benzene rings is 1. The molecule has 216 valence electrons. The maximum absolute atomic E-state index is 14.0. The van der Waals surface area contributed by atoms with Crippen molar-refractivity contribution >= 4 is 40.0 Å². The number of aromatic nitrogens is 1. The first-order valence-corrected chi connectivity index (χ1v) is 15.1. The van der Waals surface area contributed by atoms with E-state index in [9.17, 15) is 19.2 Å². The van der Waals surface area contributed by atoms with Crippen LogP contribution >= 0.6 is 0 Å². The number of nitrogens with one attached hydrogen (secondary N) is 2. The second kappa shape index (κ2) is 11.0. The third kappa shape index (κ3) is 5.29. The predicted octanol–water partition coefficient (Wildman–Crippen LogP) is 4.87. The van der Waals surface area contributed by atoms with E-state index in [-0.39, 0.29) is 53.3 Å². The zero-order valence-corrected chi connectivity index (χ0v) is 24.6. The molecular formula is C32H44N4O4. The van der Waals surface area contributed by atoms with E-state index in [0.29, 0.717) is 24.9 Å². The molecule has 2 aromatic rings. The van der Waals surface area contributed by atoms with Gasteiger partial charge < -0.3 is 20.1 Å². The molecule has 2 bridgehead atoms. The standard InChI is InChI=1S/C32H44N4O4/c1-6-27(38)26-14-32-15-28(32)36(26)29(39)17-35-16-25(21(5)37)24-13-23(34-19(2)3)12-22(30(24)35)11-9-7-8-10-20(4)31(40)33-18-32/h12-13,16,19-20,26,28,34H,6-11,14-15,17-18H2,1-5H3,(H,33,40)/t20-,26-,28+,32-/m0/s1. The van der Waals surface area contributed by atoms with Gasteiger partial charge in [0, 0.05) is 59.2 Å². The molecule has 40 heavy (non-hydrogen) atoms. The Labute approximate surface area is 237 Å². The number of rotatable bonds is 5. The number of amides is 2. The van der Waals surface area contributed by atoms with Gasteiger partial charge >= 0.3 is 0 Å². The van der Waals surface area contributed by atoms with Gasteiger partial charge in [0.25, 0.3) is 0 Å². The second-order valence-corrected chi connectivity index (χ2v) is 12.7. The molecule has 0 radical (unpaired) electrons. The molecule has 5 rings (SSSR count). The van der Waals surface area contributed by atoms with E-state index >= 15 is 0 Å². The van der Waals surface area contributed by atoms with Crippen LogP contribution in [-0.2, 0) is 27.3 Å². The van der Waals surface area contributed by atoms with Gasteiger partial charge in [-0.15, -0.1) is 0 Å². The highest BCUT2D eigenvalue weighted by molar-refractivity contribution is 6.09. The molecular weight excluding hydrogens is 504 g/mol. The van der Waals surface area contributed by atoms with Crippen LogP contribution in [0.4, 0.5) is 5.69 Å². The summed E-state index contributed by atoms with van der Waals surface area (Å²) >= 11 is 0. The van der Waals surface area contributed by atoms with Gasteiger partial charge in [-0.2, -0.15) is 0 Å². The molecule has 0 spiro atoms. The fourth-order valence-electron chi connectivity index (χ4n) is 7.03. The molecule has 0 unspecified atom stereocenters. The number of hydrogen-bond donors (Lipinski definition) is 2. The highest BCUT2D eigenvalue weighted by Gasteiger charge is 2.66. The number of piperidine rings is 1. The van der Waals surface area contributed by atoms with Gasteiger partial charge in [-0.25, -0.2) is 0 Å². The molecule has 3 aliphatic rings. The fourth-order valence-corrected chi connectivity index (χ4v) is 7.03. The van der Waals surface area contributed by atoms with Gasteiger partial charge in [0.1, 0.15) is 6.54 Å². The van der Waals surface area contributed by atoms with Crippen molar-refractivity contribution in [2.45, 2.75) is 111 Å². The molecule has 3 heterocycles. The van der Waals surface area contributed by atoms with Crippen molar-refractivity contribution in [1.82, 2.24) is 14.8 Å². The van der Waals surface area contributed by atoms with Crippen LogP contribution in [0.15, 0.2) is 18.3 Å². The van der Waals surface area contributed by atoms with E-state index < -0.39 is 6.04 Å². The van der Waals surface area contributed by atoms with Gasteiger partial charge in [-0.05, 0) is 70.6 Å². The van der Waals surface area contributed by atoms with Crippen LogP contribution in [0.3, 0.4) is 0 Å². The summed E-state index contributed by atoms with van der Waals surface area (Å²) in [5, 5.41) is 7.52. The van der Waals surface area contributed by atoms with Crippen LogP contribution in [0.25, 0.3) is 10.9 Å². The highest BCUT2D eigenvalue weighted by atomic mass is 16.2. The van der Waals surface area contributed by atoms with Crippen molar-refractivity contribution in [1.29, 1.82) is 0 Å². The fraction of sp³-hybridized carbons (Fsp3) is 0.625. The van der Waals surface area contributed by atoms with Crippen molar-refractivity contribution in [3.8, 4) is 0 Å². The Bertz CT molecular complexity index is 1340. The van der Waals surface area contributed by atoms with E-state index in [0.717, 1.165) is 60.7 Å². The van der Waals surface area contributed by atoms with Gasteiger partial charge in [-0.1, -0.05) is 26.7 Å². The summed E-state index contributed by atoms with van der Waals surface area (Å²) in [5.74, 6) is -0.0629. The smallest absolute Gasteiger partial charge is 0.243 e. The molecule has 1 aromatic heterocycles. The molecule has 1 saturated heterocycles. The molecule has 1 aliphatic carbocycles. The monoisotopic (exact) mass is 548 g/mol. The Balaban J connectivity index is 1.58. The minimum atomic E-state index is -0.458. The number of nitrogens with zero attached hydrogens (tertiary/aromatic N) is 2. The summed E-state index contributed by atoms with van der Waals surface area (Å²) in [4.78, 5) is 54.5. The number of ketones is 2. The van der Waals surface area contributed by atoms with E-state index in [1.54, 1.807) is 6.92 Å². The predicted molar refractivity (Wildman–Crippen MR) is 156 cm³/mol. The molecule has 2 N–H and O–H groups in total. The third-order valence-electron chi connectivity index (χ3n) is 9.26. The van der Waals surface area contributed by atoms with Crippen LogP contribution in [0.2, 0.25) is 0 Å². The first-order chi connectivity index (χ1) is 19.0. The molecule has 1 aromatic carbocycles. The molecule has 8 heteroatoms. The third-order valence-corrected chi connectivity index (χ3v) is 9.26. The highest BCUT2D eigenvalue weighted by Crippen LogP contribution is 2.59. The number of anilines is 1. The maximum Gasteiger partial charge on any atom is 0.243 e. The van der Waals surface area contributed by atoms with Crippen LogP contribution in [-0.4, -0.2) is 57.5 Å². The van der Waals surface area contributed by atoms with Crippen molar-refractivity contribution in [3.05, 3.63) is 29.5 Å². The van der Waals surface area contributed by atoms with Crippen LogP contribution in [0.1, 0.15) is 95.5 Å². The lowest BCUT2D eigenvalue weighted by molar-refractivity contribution is -0.139. The van der Waals surface area contributed by atoms with Gasteiger partial charge in [0.05, 0.1) is 11.6 Å². The number of aryl methyl sites for hydroxylation is 1. The number of carbonyl (C=O) groups excluding carboxylic acids is 4. The Hall–Kier alpha value is -3.16. The van der Waals surface area contributed by atoms with Gasteiger partial charge in [-0.3, -0.25) is 19.2 Å². The second-order valence-electron chi connectivity index (χ2n) is 12.7. The Morgan fingerprint density at radius 2 is 1.93 bits per heavy atom.